The first-order valence-electron chi connectivity index (χ1n) is 7.13. The summed E-state index contributed by atoms with van der Waals surface area (Å²) in [6.45, 7) is 10.6. The second-order valence-corrected chi connectivity index (χ2v) is 5.96. The fraction of sp³-hybridized carbons (Fsp3) is 0.933. The van der Waals surface area contributed by atoms with Crippen LogP contribution in [0.2, 0.25) is 0 Å². The van der Waals surface area contributed by atoms with E-state index in [0.717, 1.165) is 12.3 Å². The van der Waals surface area contributed by atoms with Crippen LogP contribution in [0.25, 0.3) is 0 Å². The normalized spacial score (nSPS) is 31.5. The molecule has 1 rings (SSSR count). The molecule has 0 spiro atoms. The van der Waals surface area contributed by atoms with Crippen molar-refractivity contribution in [2.45, 2.75) is 72.5 Å². The molecule has 4 atom stereocenters. The Morgan fingerprint density at radius 1 is 1.29 bits per heavy atom. The number of ketones is 1. The Kier molecular flexibility index (Phi) is 5.64. The van der Waals surface area contributed by atoms with Gasteiger partial charge in [-0.05, 0) is 37.5 Å². The summed E-state index contributed by atoms with van der Waals surface area (Å²) in [4.78, 5) is 11.6. The molecular formula is C15H28O2. The first kappa shape index (κ1) is 14.7. The van der Waals surface area contributed by atoms with Gasteiger partial charge in [-0.1, -0.05) is 34.1 Å². The van der Waals surface area contributed by atoms with Crippen LogP contribution in [0.1, 0.15) is 60.3 Å². The number of Topliss-reactive ketones (excluding diaryl/α,β-unsaturated/α-hetero) is 1. The second-order valence-electron chi connectivity index (χ2n) is 5.96. The van der Waals surface area contributed by atoms with E-state index in [9.17, 15) is 4.79 Å². The lowest BCUT2D eigenvalue weighted by Crippen LogP contribution is -2.38. The molecule has 0 aromatic carbocycles. The maximum atomic E-state index is 11.6. The molecule has 1 aliphatic carbocycles. The first-order chi connectivity index (χ1) is 7.95. The quantitative estimate of drug-likeness (QED) is 0.730. The van der Waals surface area contributed by atoms with Crippen LogP contribution in [0.4, 0.5) is 0 Å². The number of hydrogen-bond donors (Lipinski definition) is 0. The minimum Gasteiger partial charge on any atom is -0.367 e. The molecular weight excluding hydrogens is 212 g/mol. The van der Waals surface area contributed by atoms with Crippen LogP contribution in [-0.2, 0) is 9.53 Å². The number of hydrogen-bond acceptors (Lipinski definition) is 2. The number of carbonyl (C=O) groups is 1. The summed E-state index contributed by atoms with van der Waals surface area (Å²) >= 11 is 0. The maximum Gasteiger partial charge on any atom is 0.161 e. The van der Waals surface area contributed by atoms with Crippen LogP contribution in [-0.4, -0.2) is 18.0 Å². The zero-order chi connectivity index (χ0) is 13.0. The SMILES string of the molecule is CCC(=O)C(C)OC1CC(C)CCC1C(C)C. The van der Waals surface area contributed by atoms with Gasteiger partial charge in [0.05, 0.1) is 6.10 Å². The molecule has 1 saturated carbocycles. The van der Waals surface area contributed by atoms with Crippen molar-refractivity contribution in [3.8, 4) is 0 Å². The van der Waals surface area contributed by atoms with Crippen molar-refractivity contribution in [3.63, 3.8) is 0 Å². The number of carbonyl (C=O) groups excluding carboxylic acids is 1. The van der Waals surface area contributed by atoms with Gasteiger partial charge in [0.25, 0.3) is 0 Å². The lowest BCUT2D eigenvalue weighted by molar-refractivity contribution is -0.139. The highest BCUT2D eigenvalue weighted by Crippen LogP contribution is 2.35. The summed E-state index contributed by atoms with van der Waals surface area (Å²) in [5, 5.41) is 0. The molecule has 2 nitrogen and oxygen atoms in total. The highest BCUT2D eigenvalue weighted by atomic mass is 16.5. The molecule has 0 radical (unpaired) electrons. The van der Waals surface area contributed by atoms with Crippen molar-refractivity contribution in [2.24, 2.45) is 17.8 Å². The highest BCUT2D eigenvalue weighted by Gasteiger charge is 2.33. The standard InChI is InChI=1S/C15H28O2/c1-6-14(16)12(5)17-15-9-11(4)7-8-13(15)10(2)3/h10-13,15H,6-9H2,1-5H3. The Labute approximate surface area is 106 Å². The van der Waals surface area contributed by atoms with Crippen molar-refractivity contribution < 1.29 is 9.53 Å². The van der Waals surface area contributed by atoms with E-state index < -0.39 is 0 Å². The summed E-state index contributed by atoms with van der Waals surface area (Å²) in [6, 6.07) is 0. The minimum atomic E-state index is -0.225. The lowest BCUT2D eigenvalue weighted by atomic mass is 9.75. The largest absolute Gasteiger partial charge is 0.367 e. The summed E-state index contributed by atoms with van der Waals surface area (Å²) in [5.74, 6) is 2.24. The van der Waals surface area contributed by atoms with Crippen molar-refractivity contribution >= 4 is 5.78 Å². The average molecular weight is 240 g/mol. The number of rotatable bonds is 5. The van der Waals surface area contributed by atoms with Crippen molar-refractivity contribution in [1.29, 1.82) is 0 Å². The van der Waals surface area contributed by atoms with E-state index in [1.807, 2.05) is 13.8 Å². The fourth-order valence-electron chi connectivity index (χ4n) is 2.90. The maximum absolute atomic E-state index is 11.6. The van der Waals surface area contributed by atoms with Crippen LogP contribution in [0, 0.1) is 17.8 Å². The van der Waals surface area contributed by atoms with Gasteiger partial charge in [-0.2, -0.15) is 0 Å². The Hall–Kier alpha value is -0.370. The van der Waals surface area contributed by atoms with Gasteiger partial charge in [0.1, 0.15) is 6.10 Å². The van der Waals surface area contributed by atoms with Crippen molar-refractivity contribution in [1.82, 2.24) is 0 Å². The van der Waals surface area contributed by atoms with Crippen molar-refractivity contribution in [2.75, 3.05) is 0 Å². The molecule has 17 heavy (non-hydrogen) atoms. The Bertz CT molecular complexity index is 247. The molecule has 1 fully saturated rings. The molecule has 0 aliphatic heterocycles. The minimum absolute atomic E-state index is 0.225. The van der Waals surface area contributed by atoms with Gasteiger partial charge >= 0.3 is 0 Å². The molecule has 0 N–H and O–H groups in total. The van der Waals surface area contributed by atoms with E-state index in [-0.39, 0.29) is 18.0 Å². The highest BCUT2D eigenvalue weighted by molar-refractivity contribution is 5.82. The van der Waals surface area contributed by atoms with Gasteiger partial charge in [-0.25, -0.2) is 0 Å². The third-order valence-corrected chi connectivity index (χ3v) is 4.14. The summed E-state index contributed by atoms with van der Waals surface area (Å²) in [6.07, 6.45) is 4.30. The molecule has 2 heteroatoms. The Morgan fingerprint density at radius 2 is 1.94 bits per heavy atom. The molecule has 4 unspecified atom stereocenters. The van der Waals surface area contributed by atoms with Gasteiger partial charge < -0.3 is 4.74 Å². The van der Waals surface area contributed by atoms with Gasteiger partial charge in [0, 0.05) is 6.42 Å². The van der Waals surface area contributed by atoms with E-state index in [1.54, 1.807) is 0 Å². The monoisotopic (exact) mass is 240 g/mol. The second kappa shape index (κ2) is 6.53. The number of ether oxygens (including phenoxy) is 1. The third kappa shape index (κ3) is 4.09. The van der Waals surface area contributed by atoms with Gasteiger partial charge in [-0.15, -0.1) is 0 Å². The van der Waals surface area contributed by atoms with Gasteiger partial charge in [0.15, 0.2) is 5.78 Å². The predicted molar refractivity (Wildman–Crippen MR) is 71.0 cm³/mol. The molecule has 0 amide bonds. The third-order valence-electron chi connectivity index (χ3n) is 4.14. The fourth-order valence-corrected chi connectivity index (χ4v) is 2.90. The van der Waals surface area contributed by atoms with Crippen LogP contribution in [0.5, 0.6) is 0 Å². The molecule has 0 heterocycles. The summed E-state index contributed by atoms with van der Waals surface area (Å²) in [5.41, 5.74) is 0. The predicted octanol–water partition coefficient (Wildman–Crippen LogP) is 3.83. The van der Waals surface area contributed by atoms with Crippen LogP contribution in [0.3, 0.4) is 0 Å². The summed E-state index contributed by atoms with van der Waals surface area (Å²) in [7, 11) is 0. The summed E-state index contributed by atoms with van der Waals surface area (Å²) < 4.78 is 6.04. The van der Waals surface area contributed by atoms with E-state index in [4.69, 9.17) is 4.74 Å². The van der Waals surface area contributed by atoms with E-state index in [0.29, 0.717) is 18.3 Å². The van der Waals surface area contributed by atoms with E-state index in [2.05, 4.69) is 20.8 Å². The smallest absolute Gasteiger partial charge is 0.161 e. The molecule has 0 bridgehead atoms. The van der Waals surface area contributed by atoms with Gasteiger partial charge in [0.2, 0.25) is 0 Å². The van der Waals surface area contributed by atoms with Crippen LogP contribution < -0.4 is 0 Å². The topological polar surface area (TPSA) is 26.3 Å². The van der Waals surface area contributed by atoms with E-state index in [1.165, 1.54) is 12.8 Å². The molecule has 1 aliphatic rings. The zero-order valence-electron chi connectivity index (χ0n) is 12.0. The van der Waals surface area contributed by atoms with Crippen LogP contribution >= 0.6 is 0 Å². The van der Waals surface area contributed by atoms with E-state index >= 15 is 0 Å². The molecule has 100 valence electrons. The zero-order valence-corrected chi connectivity index (χ0v) is 12.0. The van der Waals surface area contributed by atoms with Crippen molar-refractivity contribution in [3.05, 3.63) is 0 Å². The lowest BCUT2D eigenvalue weighted by Gasteiger charge is -2.38. The Morgan fingerprint density at radius 3 is 2.47 bits per heavy atom. The Balaban J connectivity index is 2.60. The first-order valence-corrected chi connectivity index (χ1v) is 7.13. The molecule has 0 aromatic rings. The molecule has 0 aromatic heterocycles. The van der Waals surface area contributed by atoms with Crippen LogP contribution in [0.15, 0.2) is 0 Å². The molecule has 0 saturated heterocycles. The van der Waals surface area contributed by atoms with Gasteiger partial charge in [-0.3, -0.25) is 4.79 Å². The average Bonchev–Trinajstić information content (AvgIpc) is 2.27.